The average Bonchev–Trinajstić information content (AvgIpc) is 2.77. The number of carbonyl (C=O) groups is 1. The number of aryl methyl sites for hydroxylation is 1. The zero-order chi connectivity index (χ0) is 13.8. The van der Waals surface area contributed by atoms with Gasteiger partial charge < -0.3 is 5.11 Å². The molecule has 19 heavy (non-hydrogen) atoms. The number of rotatable bonds is 5. The van der Waals surface area contributed by atoms with E-state index in [0.29, 0.717) is 13.1 Å². The molecule has 0 spiro atoms. The normalized spacial score (nSPS) is 10.9. The van der Waals surface area contributed by atoms with Crippen LogP contribution in [0.2, 0.25) is 0 Å². The summed E-state index contributed by atoms with van der Waals surface area (Å²) in [6.07, 6.45) is 0. The molecular weight excluding hydrogens is 262 g/mol. The van der Waals surface area contributed by atoms with Crippen molar-refractivity contribution >= 4 is 17.3 Å². The van der Waals surface area contributed by atoms with Gasteiger partial charge in [0.15, 0.2) is 0 Å². The molecule has 0 aliphatic heterocycles. The number of hydrogen-bond donors (Lipinski definition) is 1. The Balaban J connectivity index is 1.97. The summed E-state index contributed by atoms with van der Waals surface area (Å²) < 4.78 is 0. The van der Waals surface area contributed by atoms with E-state index >= 15 is 0 Å². The molecule has 0 aliphatic rings. The average molecular weight is 277 g/mol. The Morgan fingerprint density at radius 3 is 2.68 bits per heavy atom. The number of aromatic nitrogens is 2. The molecule has 6 heteroatoms. The third kappa shape index (κ3) is 3.84. The lowest BCUT2D eigenvalue weighted by Gasteiger charge is -2.14. The van der Waals surface area contributed by atoms with Crippen molar-refractivity contribution < 1.29 is 9.90 Å². The zero-order valence-corrected chi connectivity index (χ0v) is 11.6. The van der Waals surface area contributed by atoms with Crippen LogP contribution in [0.5, 0.6) is 0 Å². The van der Waals surface area contributed by atoms with E-state index in [1.54, 1.807) is 5.38 Å². The highest BCUT2D eigenvalue weighted by molar-refractivity contribution is 7.11. The molecule has 5 nitrogen and oxygen atoms in total. The van der Waals surface area contributed by atoms with Crippen molar-refractivity contribution in [2.45, 2.75) is 20.0 Å². The fourth-order valence-electron chi connectivity index (χ4n) is 1.77. The molecule has 2 aromatic heterocycles. The van der Waals surface area contributed by atoms with Crippen LogP contribution in [0.15, 0.2) is 23.6 Å². The van der Waals surface area contributed by atoms with E-state index in [4.69, 9.17) is 5.11 Å². The van der Waals surface area contributed by atoms with Crippen LogP contribution in [-0.4, -0.2) is 33.0 Å². The van der Waals surface area contributed by atoms with Crippen LogP contribution in [0.25, 0.3) is 0 Å². The Kier molecular flexibility index (Phi) is 4.24. The van der Waals surface area contributed by atoms with Crippen LogP contribution in [0.4, 0.5) is 0 Å². The number of nitrogens with zero attached hydrogens (tertiary/aromatic N) is 3. The number of pyridine rings is 1. The van der Waals surface area contributed by atoms with E-state index in [2.05, 4.69) is 14.9 Å². The Labute approximate surface area is 115 Å². The summed E-state index contributed by atoms with van der Waals surface area (Å²) in [6, 6.07) is 5.92. The van der Waals surface area contributed by atoms with Crippen molar-refractivity contribution in [3.05, 3.63) is 45.7 Å². The maximum absolute atomic E-state index is 10.8. The summed E-state index contributed by atoms with van der Waals surface area (Å²) in [6.45, 7) is 3.28. The van der Waals surface area contributed by atoms with Crippen LogP contribution >= 0.6 is 11.3 Å². The van der Waals surface area contributed by atoms with Crippen molar-refractivity contribution in [2.75, 3.05) is 7.05 Å². The molecular formula is C13H15N3O2S. The number of aromatic carboxylic acids is 1. The minimum absolute atomic E-state index is 0.136. The van der Waals surface area contributed by atoms with Gasteiger partial charge in [-0.25, -0.2) is 9.78 Å². The predicted molar refractivity (Wildman–Crippen MR) is 73.2 cm³/mol. The minimum Gasteiger partial charge on any atom is -0.476 e. The van der Waals surface area contributed by atoms with Gasteiger partial charge in [-0.3, -0.25) is 9.88 Å². The molecule has 0 radical (unpaired) electrons. The van der Waals surface area contributed by atoms with Gasteiger partial charge in [0, 0.05) is 24.2 Å². The van der Waals surface area contributed by atoms with Gasteiger partial charge >= 0.3 is 5.97 Å². The van der Waals surface area contributed by atoms with E-state index in [1.807, 2.05) is 32.2 Å². The van der Waals surface area contributed by atoms with E-state index in [1.165, 1.54) is 0 Å². The molecule has 2 rings (SSSR count). The van der Waals surface area contributed by atoms with Gasteiger partial charge in [0.1, 0.15) is 0 Å². The second-order valence-electron chi connectivity index (χ2n) is 4.39. The summed E-state index contributed by atoms with van der Waals surface area (Å²) in [5, 5.41) is 10.7. The highest BCUT2D eigenvalue weighted by Crippen LogP contribution is 2.12. The molecule has 0 bridgehead atoms. The van der Waals surface area contributed by atoms with Gasteiger partial charge in [0.05, 0.1) is 11.4 Å². The zero-order valence-electron chi connectivity index (χ0n) is 10.8. The molecule has 100 valence electrons. The molecule has 0 amide bonds. The van der Waals surface area contributed by atoms with Gasteiger partial charge in [-0.15, -0.1) is 11.3 Å². The molecule has 2 aromatic rings. The van der Waals surface area contributed by atoms with Crippen LogP contribution in [0, 0.1) is 6.92 Å². The fraction of sp³-hybridized carbons (Fsp3) is 0.308. The highest BCUT2D eigenvalue weighted by atomic mass is 32.1. The summed E-state index contributed by atoms with van der Waals surface area (Å²) in [4.78, 5) is 21.3. The highest BCUT2D eigenvalue weighted by Gasteiger charge is 2.10. The second-order valence-corrected chi connectivity index (χ2v) is 5.25. The van der Waals surface area contributed by atoms with Crippen LogP contribution in [0.1, 0.15) is 26.9 Å². The molecule has 0 saturated heterocycles. The van der Waals surface area contributed by atoms with Crippen LogP contribution in [-0.2, 0) is 13.1 Å². The Hall–Kier alpha value is -1.79. The van der Waals surface area contributed by atoms with Gasteiger partial charge in [-0.1, -0.05) is 6.07 Å². The SMILES string of the molecule is Cc1cccc(CN(C)Cc2csc(C(=O)O)n2)n1. The summed E-state index contributed by atoms with van der Waals surface area (Å²) in [5.74, 6) is -0.973. The molecule has 0 unspecified atom stereocenters. The Morgan fingerprint density at radius 2 is 2.05 bits per heavy atom. The van der Waals surface area contributed by atoms with Crippen molar-refractivity contribution in [3.8, 4) is 0 Å². The molecule has 0 aliphatic carbocycles. The Bertz CT molecular complexity index is 583. The quantitative estimate of drug-likeness (QED) is 0.907. The number of hydrogen-bond acceptors (Lipinski definition) is 5. The van der Waals surface area contributed by atoms with E-state index < -0.39 is 5.97 Å². The first-order valence-corrected chi connectivity index (χ1v) is 6.71. The predicted octanol–water partition coefficient (Wildman–Crippen LogP) is 2.18. The largest absolute Gasteiger partial charge is 0.476 e. The molecule has 1 N–H and O–H groups in total. The number of carboxylic acids is 1. The lowest BCUT2D eigenvalue weighted by Crippen LogP contribution is -2.18. The van der Waals surface area contributed by atoms with Crippen molar-refractivity contribution in [1.29, 1.82) is 0 Å². The second kappa shape index (κ2) is 5.90. The maximum atomic E-state index is 10.8. The minimum atomic E-state index is -0.973. The molecule has 0 saturated carbocycles. The van der Waals surface area contributed by atoms with Gasteiger partial charge in [0.25, 0.3) is 0 Å². The standard InChI is InChI=1S/C13H15N3O2S/c1-9-4-3-5-10(14-9)6-16(2)7-11-8-19-12(15-11)13(17)18/h3-5,8H,6-7H2,1-2H3,(H,17,18). The summed E-state index contributed by atoms with van der Waals surface area (Å²) >= 11 is 1.16. The smallest absolute Gasteiger partial charge is 0.365 e. The topological polar surface area (TPSA) is 66.3 Å². The van der Waals surface area contributed by atoms with Gasteiger partial charge in [-0.05, 0) is 26.1 Å². The van der Waals surface area contributed by atoms with E-state index in [9.17, 15) is 4.79 Å². The van der Waals surface area contributed by atoms with Crippen molar-refractivity contribution in [2.24, 2.45) is 0 Å². The first-order chi connectivity index (χ1) is 9.04. The third-order valence-corrected chi connectivity index (χ3v) is 3.42. The van der Waals surface area contributed by atoms with Crippen LogP contribution < -0.4 is 0 Å². The first-order valence-electron chi connectivity index (χ1n) is 5.83. The van der Waals surface area contributed by atoms with Gasteiger partial charge in [0.2, 0.25) is 5.01 Å². The molecule has 2 heterocycles. The first kappa shape index (κ1) is 13.6. The van der Waals surface area contributed by atoms with Gasteiger partial charge in [-0.2, -0.15) is 0 Å². The maximum Gasteiger partial charge on any atom is 0.365 e. The van der Waals surface area contributed by atoms with Crippen LogP contribution in [0.3, 0.4) is 0 Å². The molecule has 0 aromatic carbocycles. The van der Waals surface area contributed by atoms with E-state index in [0.717, 1.165) is 28.4 Å². The molecule has 0 fully saturated rings. The Morgan fingerprint density at radius 1 is 1.32 bits per heavy atom. The summed E-state index contributed by atoms with van der Waals surface area (Å²) in [7, 11) is 1.96. The monoisotopic (exact) mass is 277 g/mol. The molecule has 0 atom stereocenters. The third-order valence-electron chi connectivity index (χ3n) is 2.54. The number of thiazole rings is 1. The van der Waals surface area contributed by atoms with E-state index in [-0.39, 0.29) is 5.01 Å². The van der Waals surface area contributed by atoms with Crippen molar-refractivity contribution in [3.63, 3.8) is 0 Å². The number of carboxylic acid groups (broad SMARTS) is 1. The fourth-order valence-corrected chi connectivity index (χ4v) is 2.42. The summed E-state index contributed by atoms with van der Waals surface area (Å²) in [5.41, 5.74) is 2.77. The lowest BCUT2D eigenvalue weighted by atomic mass is 10.3. The lowest BCUT2D eigenvalue weighted by molar-refractivity contribution is 0.0696. The van der Waals surface area contributed by atoms with Crippen molar-refractivity contribution in [1.82, 2.24) is 14.9 Å².